The Kier molecular flexibility index (Phi) is 12.5. The van der Waals surface area contributed by atoms with Gasteiger partial charge in [0.25, 0.3) is 0 Å². The van der Waals surface area contributed by atoms with Crippen LogP contribution in [0.4, 0.5) is 4.79 Å². The first-order valence-electron chi connectivity index (χ1n) is 1.73. The summed E-state index contributed by atoms with van der Waals surface area (Å²) >= 11 is 0. The topological polar surface area (TPSA) is 64.2 Å². The van der Waals surface area contributed by atoms with E-state index in [0.29, 0.717) is 0 Å². The van der Waals surface area contributed by atoms with Crippen molar-refractivity contribution in [1.82, 2.24) is 9.44 Å². The maximum atomic E-state index is 9.59. The molecule has 0 aliphatic carbocycles. The van der Waals surface area contributed by atoms with Crippen LogP contribution in [-0.4, -0.2) is 13.1 Å². The van der Waals surface area contributed by atoms with Gasteiger partial charge in [0, 0.05) is 22.0 Å². The number of carboxylic acid groups (broad SMARTS) is 1. The Hall–Kier alpha value is 0.930. The van der Waals surface area contributed by atoms with Crippen molar-refractivity contribution in [2.75, 3.05) is 7.05 Å². The summed E-state index contributed by atoms with van der Waals surface area (Å²) in [6.45, 7) is 0. The molecule has 0 aliphatic rings. The Bertz CT molecular complexity index is 83.0. The van der Waals surface area contributed by atoms with Gasteiger partial charge in [-0.1, -0.05) is 0 Å². The summed E-state index contributed by atoms with van der Waals surface area (Å²) in [5.41, 5.74) is 0. The van der Waals surface area contributed by atoms with Gasteiger partial charge in [-0.25, -0.2) is 0 Å². The van der Waals surface area contributed by atoms with Crippen LogP contribution in [-0.2, 0) is 0 Å². The third-order valence-electron chi connectivity index (χ3n) is 0.250. The first-order chi connectivity index (χ1) is 3.77. The second kappa shape index (κ2) is 8.93. The predicted octanol–water partition coefficient (Wildman–Crippen LogP) is -3.65. The summed E-state index contributed by atoms with van der Waals surface area (Å²) in [7, 11) is 3.82. The molecule has 0 unspecified atom stereocenters. The van der Waals surface area contributed by atoms with Gasteiger partial charge in [-0.05, 0) is 7.05 Å². The van der Waals surface area contributed by atoms with Crippen molar-refractivity contribution in [3.05, 3.63) is 0 Å². The molecule has 1 amide bonds. The maximum Gasteiger partial charge on any atom is 1.00 e. The van der Waals surface area contributed by atoms with Crippen molar-refractivity contribution < 1.29 is 39.5 Å². The molecule has 0 heterocycles. The van der Waals surface area contributed by atoms with E-state index in [1.807, 2.05) is 4.72 Å². The molecule has 0 spiro atoms. The van der Waals surface area contributed by atoms with E-state index in [1.54, 1.807) is 7.05 Å². The zero-order valence-corrected chi connectivity index (χ0v) is 8.77. The molecule has 0 rings (SSSR count). The number of amides is 1. The van der Waals surface area contributed by atoms with Gasteiger partial charge in [-0.2, -0.15) is 0 Å². The summed E-state index contributed by atoms with van der Waals surface area (Å²) in [6, 6.07) is 0. The summed E-state index contributed by atoms with van der Waals surface area (Å²) in [4.78, 5) is 9.59. The monoisotopic (exact) mass is 176 g/mol. The molecule has 0 aromatic carbocycles. The number of nitrogens with one attached hydrogen (secondary N) is 2. The zero-order valence-electron chi connectivity index (χ0n) is 5.13. The van der Waals surface area contributed by atoms with E-state index >= 15 is 0 Å². The van der Waals surface area contributed by atoms with Gasteiger partial charge in [0.1, 0.15) is 6.09 Å². The third-order valence-corrected chi connectivity index (χ3v) is 1.75. The fraction of sp³-hybridized carbons (Fsp3) is 0.500. The largest absolute Gasteiger partial charge is 1.00 e. The second-order valence-corrected chi connectivity index (χ2v) is 2.71. The van der Waals surface area contributed by atoms with E-state index in [4.69, 9.17) is 0 Å². The van der Waals surface area contributed by atoms with Gasteiger partial charge in [-0.15, -0.1) is 0 Å². The van der Waals surface area contributed by atoms with Crippen LogP contribution >= 0.6 is 22.0 Å². The number of carbonyl (C=O) groups excluding carboxylic acids is 1. The Morgan fingerprint density at radius 1 is 1.56 bits per heavy atom. The molecule has 9 heavy (non-hydrogen) atoms. The molecule has 0 fully saturated rings. The van der Waals surface area contributed by atoms with Crippen molar-refractivity contribution in [1.29, 1.82) is 0 Å². The molecule has 0 aromatic heterocycles. The molecule has 0 radical (unpaired) electrons. The van der Waals surface area contributed by atoms with E-state index < -0.39 is 6.09 Å². The fourth-order valence-corrected chi connectivity index (χ4v) is 0.869. The third kappa shape index (κ3) is 12.2. The van der Waals surface area contributed by atoms with Crippen molar-refractivity contribution in [3.8, 4) is 0 Å². The predicted molar refractivity (Wildman–Crippen MR) is 32.8 cm³/mol. The van der Waals surface area contributed by atoms with E-state index in [2.05, 4.69) is 4.72 Å². The van der Waals surface area contributed by atoms with Crippen LogP contribution < -0.4 is 44.1 Å². The van der Waals surface area contributed by atoms with Gasteiger partial charge in [0.15, 0.2) is 0 Å². The minimum Gasteiger partial charge on any atom is -0.529 e. The van der Waals surface area contributed by atoms with Crippen LogP contribution in [0.1, 0.15) is 0 Å². The van der Waals surface area contributed by atoms with E-state index in [1.165, 1.54) is 11.0 Å². The quantitative estimate of drug-likeness (QED) is 0.201. The molecule has 0 saturated heterocycles. The number of hydrogen-bond donors (Lipinski definition) is 2. The van der Waals surface area contributed by atoms with E-state index in [-0.39, 0.29) is 29.6 Å². The second-order valence-electron chi connectivity index (χ2n) is 0.760. The Labute approximate surface area is 83.5 Å². The Balaban J connectivity index is 0. The van der Waals surface area contributed by atoms with Gasteiger partial charge in [-0.3, -0.25) is 4.72 Å². The molecule has 0 aliphatic heterocycles. The SMILES string of the molecule is CNSSNC(=O)[O-].[Na+]. The normalized spacial score (nSPS) is 7.67. The minimum absolute atomic E-state index is 0. The van der Waals surface area contributed by atoms with E-state index in [0.717, 1.165) is 11.0 Å². The summed E-state index contributed by atoms with van der Waals surface area (Å²) in [6.07, 6.45) is -1.28. The molecule has 0 bridgehead atoms. The number of carbonyl (C=O) groups is 1. The van der Waals surface area contributed by atoms with Crippen LogP contribution in [0.15, 0.2) is 0 Å². The molecule has 4 nitrogen and oxygen atoms in total. The molecule has 7 heteroatoms. The van der Waals surface area contributed by atoms with Crippen LogP contribution in [0.2, 0.25) is 0 Å². The molecular formula is C2H5N2NaO2S2. The Morgan fingerprint density at radius 2 is 2.11 bits per heavy atom. The fourth-order valence-electron chi connectivity index (χ4n) is 0.0965. The van der Waals surface area contributed by atoms with Crippen molar-refractivity contribution in [2.24, 2.45) is 0 Å². The number of rotatable bonds is 3. The van der Waals surface area contributed by atoms with Gasteiger partial charge in [0.2, 0.25) is 0 Å². The molecule has 48 valence electrons. The molecule has 0 saturated carbocycles. The summed E-state index contributed by atoms with van der Waals surface area (Å²) in [5, 5.41) is 9.59. The molecule has 0 atom stereocenters. The van der Waals surface area contributed by atoms with Gasteiger partial charge in [0.05, 0.1) is 0 Å². The van der Waals surface area contributed by atoms with Crippen molar-refractivity contribution in [3.63, 3.8) is 0 Å². The van der Waals surface area contributed by atoms with E-state index in [9.17, 15) is 9.90 Å². The summed E-state index contributed by atoms with van der Waals surface area (Å²) < 4.78 is 4.62. The van der Waals surface area contributed by atoms with Crippen LogP contribution in [0.25, 0.3) is 0 Å². The standard InChI is InChI=1S/C2H6N2O2S2.Na/c1-3-7-8-4-2(5)6;/h3-4H,1H3,(H,5,6);/q;+1/p-1. The summed E-state index contributed by atoms with van der Waals surface area (Å²) in [5.74, 6) is 0. The maximum absolute atomic E-state index is 9.59. The average Bonchev–Trinajstić information content (AvgIpc) is 1.66. The molecule has 2 N–H and O–H groups in total. The van der Waals surface area contributed by atoms with Gasteiger partial charge < -0.3 is 14.6 Å². The van der Waals surface area contributed by atoms with Crippen LogP contribution in [0.5, 0.6) is 0 Å². The Morgan fingerprint density at radius 3 is 2.44 bits per heavy atom. The minimum atomic E-state index is -1.28. The van der Waals surface area contributed by atoms with Crippen LogP contribution in [0.3, 0.4) is 0 Å². The average molecular weight is 176 g/mol. The van der Waals surface area contributed by atoms with Gasteiger partial charge >= 0.3 is 29.6 Å². The zero-order chi connectivity index (χ0) is 6.41. The van der Waals surface area contributed by atoms with Crippen molar-refractivity contribution >= 4 is 28.1 Å². The first-order valence-corrected chi connectivity index (χ1v) is 3.88. The van der Waals surface area contributed by atoms with Crippen molar-refractivity contribution in [2.45, 2.75) is 0 Å². The molecular weight excluding hydrogens is 171 g/mol. The smallest absolute Gasteiger partial charge is 0.529 e. The molecule has 0 aromatic rings. The van der Waals surface area contributed by atoms with Crippen LogP contribution in [0, 0.1) is 0 Å². The number of hydrogen-bond acceptors (Lipinski definition) is 5. The first kappa shape index (κ1) is 12.6.